The molecule has 0 aliphatic rings. The first-order chi connectivity index (χ1) is 8.11. The first kappa shape index (κ1) is 10.9. The van der Waals surface area contributed by atoms with Gasteiger partial charge >= 0.3 is 6.01 Å². The molecule has 8 heteroatoms. The lowest BCUT2D eigenvalue weighted by Crippen LogP contribution is -2.07. The molecular formula is C9H11N7O. The largest absolute Gasteiger partial charge is 0.467 e. The summed E-state index contributed by atoms with van der Waals surface area (Å²) in [7, 11) is 1.46. The van der Waals surface area contributed by atoms with E-state index < -0.39 is 0 Å². The number of nitrogens with two attached hydrogens (primary N) is 3. The lowest BCUT2D eigenvalue weighted by molar-refractivity contribution is 0.380. The SMILES string of the molecule is COc1nccc(-c2nc(N)c(N)c(N)n2)n1. The first-order valence-corrected chi connectivity index (χ1v) is 4.67. The van der Waals surface area contributed by atoms with Crippen molar-refractivity contribution >= 4 is 17.3 Å². The molecule has 0 fully saturated rings. The Kier molecular flexibility index (Phi) is 2.61. The summed E-state index contributed by atoms with van der Waals surface area (Å²) in [4.78, 5) is 15.9. The Hall–Kier alpha value is -2.64. The van der Waals surface area contributed by atoms with Gasteiger partial charge in [-0.2, -0.15) is 4.98 Å². The van der Waals surface area contributed by atoms with Gasteiger partial charge in [0.25, 0.3) is 0 Å². The fourth-order valence-electron chi connectivity index (χ4n) is 1.18. The van der Waals surface area contributed by atoms with E-state index in [1.54, 1.807) is 6.07 Å². The zero-order chi connectivity index (χ0) is 12.4. The number of hydrogen-bond acceptors (Lipinski definition) is 8. The Morgan fingerprint density at radius 2 is 1.71 bits per heavy atom. The van der Waals surface area contributed by atoms with Gasteiger partial charge in [-0.15, -0.1) is 0 Å². The van der Waals surface area contributed by atoms with E-state index in [1.165, 1.54) is 13.3 Å². The van der Waals surface area contributed by atoms with Gasteiger partial charge in [-0.25, -0.2) is 15.0 Å². The van der Waals surface area contributed by atoms with Crippen molar-refractivity contribution in [2.45, 2.75) is 0 Å². The van der Waals surface area contributed by atoms with Crippen molar-refractivity contribution in [3.63, 3.8) is 0 Å². The molecule has 2 rings (SSSR count). The predicted molar refractivity (Wildman–Crippen MR) is 62.8 cm³/mol. The molecule has 8 nitrogen and oxygen atoms in total. The van der Waals surface area contributed by atoms with E-state index in [4.69, 9.17) is 21.9 Å². The third-order valence-electron chi connectivity index (χ3n) is 2.05. The van der Waals surface area contributed by atoms with Crippen LogP contribution in [-0.4, -0.2) is 27.0 Å². The van der Waals surface area contributed by atoms with Crippen molar-refractivity contribution < 1.29 is 4.74 Å². The molecule has 2 aromatic rings. The highest BCUT2D eigenvalue weighted by Crippen LogP contribution is 2.22. The smallest absolute Gasteiger partial charge is 0.316 e. The molecule has 17 heavy (non-hydrogen) atoms. The molecule has 2 heterocycles. The van der Waals surface area contributed by atoms with Gasteiger partial charge in [-0.3, -0.25) is 0 Å². The normalized spacial score (nSPS) is 10.2. The molecule has 0 amide bonds. The maximum atomic E-state index is 5.60. The summed E-state index contributed by atoms with van der Waals surface area (Å²) < 4.78 is 4.90. The van der Waals surface area contributed by atoms with Crippen molar-refractivity contribution in [1.29, 1.82) is 0 Å². The standard InChI is InChI=1S/C9H11N7O/c1-17-9-13-3-2-4(14-9)8-15-6(11)5(10)7(12)16-8/h2-3H,10H2,1H3,(H4,11,12,15,16). The molecule has 6 N–H and O–H groups in total. The number of nitrogen functional groups attached to an aromatic ring is 3. The second kappa shape index (κ2) is 4.08. The van der Waals surface area contributed by atoms with E-state index in [9.17, 15) is 0 Å². The number of hydrogen-bond donors (Lipinski definition) is 3. The second-order valence-corrected chi connectivity index (χ2v) is 3.16. The summed E-state index contributed by atoms with van der Waals surface area (Å²) >= 11 is 0. The number of anilines is 3. The fourth-order valence-corrected chi connectivity index (χ4v) is 1.18. The van der Waals surface area contributed by atoms with Gasteiger partial charge < -0.3 is 21.9 Å². The molecule has 0 radical (unpaired) electrons. The Morgan fingerprint density at radius 3 is 2.29 bits per heavy atom. The monoisotopic (exact) mass is 233 g/mol. The van der Waals surface area contributed by atoms with Crippen LogP contribution in [0.4, 0.5) is 17.3 Å². The van der Waals surface area contributed by atoms with Crippen molar-refractivity contribution in [2.75, 3.05) is 24.3 Å². The van der Waals surface area contributed by atoms with E-state index in [-0.39, 0.29) is 29.2 Å². The molecule has 2 aromatic heterocycles. The molecule has 0 saturated heterocycles. The number of nitrogens with zero attached hydrogens (tertiary/aromatic N) is 4. The molecule has 0 aliphatic carbocycles. The topological polar surface area (TPSA) is 139 Å². The van der Waals surface area contributed by atoms with Gasteiger partial charge in [0.05, 0.1) is 7.11 Å². The third kappa shape index (κ3) is 2.00. The van der Waals surface area contributed by atoms with E-state index >= 15 is 0 Å². The molecule has 0 unspecified atom stereocenters. The van der Waals surface area contributed by atoms with Crippen LogP contribution < -0.4 is 21.9 Å². The molecule has 0 atom stereocenters. The highest BCUT2D eigenvalue weighted by Gasteiger charge is 2.10. The Balaban J connectivity index is 2.52. The van der Waals surface area contributed by atoms with Gasteiger partial charge in [-0.05, 0) is 6.07 Å². The van der Waals surface area contributed by atoms with Gasteiger partial charge in [-0.1, -0.05) is 0 Å². The Morgan fingerprint density at radius 1 is 1.06 bits per heavy atom. The summed E-state index contributed by atoms with van der Waals surface area (Å²) in [5.74, 6) is 0.505. The number of rotatable bonds is 2. The van der Waals surface area contributed by atoms with E-state index in [2.05, 4.69) is 19.9 Å². The number of ether oxygens (including phenoxy) is 1. The van der Waals surface area contributed by atoms with E-state index in [0.717, 1.165) is 0 Å². The zero-order valence-electron chi connectivity index (χ0n) is 9.08. The molecule has 0 bridgehead atoms. The minimum Gasteiger partial charge on any atom is -0.467 e. The van der Waals surface area contributed by atoms with Crippen LogP contribution in [0.25, 0.3) is 11.5 Å². The predicted octanol–water partition coefficient (Wildman–Crippen LogP) is -0.311. The third-order valence-corrected chi connectivity index (χ3v) is 2.05. The summed E-state index contributed by atoms with van der Waals surface area (Å²) in [6.45, 7) is 0. The quantitative estimate of drug-likeness (QED) is 0.641. The maximum absolute atomic E-state index is 5.60. The van der Waals surface area contributed by atoms with E-state index in [1.807, 2.05) is 0 Å². The van der Waals surface area contributed by atoms with Crippen LogP contribution in [0.2, 0.25) is 0 Å². The summed E-state index contributed by atoms with van der Waals surface area (Å²) in [5, 5.41) is 0. The van der Waals surface area contributed by atoms with Crippen molar-refractivity contribution in [2.24, 2.45) is 0 Å². The van der Waals surface area contributed by atoms with E-state index in [0.29, 0.717) is 5.69 Å². The molecule has 0 aromatic carbocycles. The highest BCUT2D eigenvalue weighted by atomic mass is 16.5. The van der Waals surface area contributed by atoms with Crippen LogP contribution in [0.15, 0.2) is 12.3 Å². The van der Waals surface area contributed by atoms with Crippen LogP contribution in [0.3, 0.4) is 0 Å². The van der Waals surface area contributed by atoms with Crippen molar-refractivity contribution in [3.8, 4) is 17.5 Å². The molecule has 88 valence electrons. The van der Waals surface area contributed by atoms with Crippen LogP contribution in [0, 0.1) is 0 Å². The van der Waals surface area contributed by atoms with Gasteiger partial charge in [0, 0.05) is 6.20 Å². The molecule has 0 aliphatic heterocycles. The maximum Gasteiger partial charge on any atom is 0.316 e. The van der Waals surface area contributed by atoms with Crippen LogP contribution in [0.5, 0.6) is 6.01 Å². The molecule has 0 spiro atoms. The highest BCUT2D eigenvalue weighted by molar-refractivity contribution is 5.73. The number of aromatic nitrogens is 4. The lowest BCUT2D eigenvalue weighted by atomic mass is 10.3. The average molecular weight is 233 g/mol. The Labute approximate surface area is 96.9 Å². The minimum absolute atomic E-state index is 0.116. The summed E-state index contributed by atoms with van der Waals surface area (Å²) in [6, 6.07) is 1.83. The molecular weight excluding hydrogens is 222 g/mol. The summed E-state index contributed by atoms with van der Waals surface area (Å²) in [6.07, 6.45) is 1.52. The van der Waals surface area contributed by atoms with Gasteiger partial charge in [0.1, 0.15) is 11.4 Å². The number of methoxy groups -OCH3 is 1. The van der Waals surface area contributed by atoms with Gasteiger partial charge in [0.2, 0.25) is 0 Å². The van der Waals surface area contributed by atoms with Crippen molar-refractivity contribution in [1.82, 2.24) is 19.9 Å². The van der Waals surface area contributed by atoms with Crippen molar-refractivity contribution in [3.05, 3.63) is 12.3 Å². The average Bonchev–Trinajstić information content (AvgIpc) is 2.35. The minimum atomic E-state index is 0.116. The zero-order valence-corrected chi connectivity index (χ0v) is 9.08. The van der Waals surface area contributed by atoms with Crippen LogP contribution in [-0.2, 0) is 0 Å². The first-order valence-electron chi connectivity index (χ1n) is 4.67. The van der Waals surface area contributed by atoms with Crippen LogP contribution >= 0.6 is 0 Å². The molecule has 0 saturated carbocycles. The fraction of sp³-hybridized carbons (Fsp3) is 0.111. The Bertz CT molecular complexity index is 534. The second-order valence-electron chi connectivity index (χ2n) is 3.16. The van der Waals surface area contributed by atoms with Crippen LogP contribution in [0.1, 0.15) is 0 Å². The summed E-state index contributed by atoms with van der Waals surface area (Å²) in [5.41, 5.74) is 17.4. The lowest BCUT2D eigenvalue weighted by Gasteiger charge is -2.06. The van der Waals surface area contributed by atoms with Gasteiger partial charge in [0.15, 0.2) is 17.5 Å².